The first kappa shape index (κ1) is 13.5. The molecule has 0 saturated carbocycles. The topological polar surface area (TPSA) is 89.4 Å². The van der Waals surface area contributed by atoms with Gasteiger partial charge in [0.1, 0.15) is 0 Å². The Labute approximate surface area is 72.7 Å². The number of carbonyl (C=O) groups is 2. The lowest BCUT2D eigenvalue weighted by Crippen LogP contribution is -2.36. The van der Waals surface area contributed by atoms with E-state index in [4.69, 9.17) is 11.5 Å². The molecule has 5 heteroatoms. The van der Waals surface area contributed by atoms with Gasteiger partial charge >= 0.3 is 0 Å². The summed E-state index contributed by atoms with van der Waals surface area (Å²) >= 11 is 0. The van der Waals surface area contributed by atoms with E-state index < -0.39 is 11.8 Å². The van der Waals surface area contributed by atoms with Crippen molar-refractivity contribution in [2.24, 2.45) is 11.5 Å². The van der Waals surface area contributed by atoms with Crippen molar-refractivity contribution in [2.75, 3.05) is 20.1 Å². The average Bonchev–Trinajstić information content (AvgIpc) is 1.87. The Kier molecular flexibility index (Phi) is 8.99. The van der Waals surface area contributed by atoms with Crippen molar-refractivity contribution in [3.05, 3.63) is 0 Å². The van der Waals surface area contributed by atoms with Crippen LogP contribution in [0.3, 0.4) is 0 Å². The molecule has 0 unspecified atom stereocenters. The van der Waals surface area contributed by atoms with Crippen LogP contribution in [0.5, 0.6) is 0 Å². The van der Waals surface area contributed by atoms with Gasteiger partial charge in [0, 0.05) is 0 Å². The van der Waals surface area contributed by atoms with Crippen LogP contribution in [-0.2, 0) is 9.59 Å². The highest BCUT2D eigenvalue weighted by Crippen LogP contribution is 1.77. The molecule has 0 saturated heterocycles. The summed E-state index contributed by atoms with van der Waals surface area (Å²) in [7, 11) is 1.59. The quantitative estimate of drug-likeness (QED) is 0.569. The summed E-state index contributed by atoms with van der Waals surface area (Å²) in [6.07, 6.45) is 0. The van der Waals surface area contributed by atoms with E-state index >= 15 is 0 Å². The van der Waals surface area contributed by atoms with Crippen molar-refractivity contribution >= 4 is 11.8 Å². The highest BCUT2D eigenvalue weighted by Gasteiger charge is 2.03. The Bertz CT molecular complexity index is 132. The predicted molar refractivity (Wildman–Crippen MR) is 47.2 cm³/mol. The van der Waals surface area contributed by atoms with E-state index in [0.717, 1.165) is 0 Å². The fraction of sp³-hybridized carbons (Fsp3) is 0.714. The lowest BCUT2D eigenvalue weighted by atomic mass is 10.5. The maximum atomic E-state index is 10.2. The van der Waals surface area contributed by atoms with E-state index in [9.17, 15) is 9.59 Å². The normalized spacial score (nSPS) is 8.67. The summed E-state index contributed by atoms with van der Waals surface area (Å²) in [6.45, 7) is 4.12. The van der Waals surface area contributed by atoms with Crippen LogP contribution in [0.4, 0.5) is 0 Å². The molecule has 4 N–H and O–H groups in total. The molecule has 12 heavy (non-hydrogen) atoms. The van der Waals surface area contributed by atoms with Crippen molar-refractivity contribution in [1.29, 1.82) is 0 Å². The van der Waals surface area contributed by atoms with Crippen LogP contribution in [0.1, 0.15) is 13.8 Å². The third-order valence-electron chi connectivity index (χ3n) is 0.852. The van der Waals surface area contributed by atoms with E-state index in [2.05, 4.69) is 0 Å². The number of primary amides is 2. The average molecular weight is 175 g/mol. The molecule has 0 heterocycles. The Morgan fingerprint density at radius 3 is 1.50 bits per heavy atom. The van der Waals surface area contributed by atoms with Gasteiger partial charge in [0.15, 0.2) is 0 Å². The minimum Gasteiger partial charge on any atom is -0.369 e. The van der Waals surface area contributed by atoms with Crippen LogP contribution in [0.25, 0.3) is 0 Å². The molecule has 5 nitrogen and oxygen atoms in total. The highest BCUT2D eigenvalue weighted by molar-refractivity contribution is 5.79. The number of nitrogens with zero attached hydrogens (tertiary/aromatic N) is 1. The molecule has 0 atom stereocenters. The van der Waals surface area contributed by atoms with Crippen molar-refractivity contribution in [3.8, 4) is 0 Å². The van der Waals surface area contributed by atoms with Gasteiger partial charge in [-0.2, -0.15) is 0 Å². The van der Waals surface area contributed by atoms with Crippen LogP contribution >= 0.6 is 0 Å². The molecule has 0 aliphatic carbocycles. The number of amides is 2. The molecule has 0 aromatic heterocycles. The zero-order valence-corrected chi connectivity index (χ0v) is 7.83. The summed E-state index contributed by atoms with van der Waals surface area (Å²) < 4.78 is 0. The van der Waals surface area contributed by atoms with Gasteiger partial charge in [-0.05, 0) is 7.05 Å². The molecular weight excluding hydrogens is 158 g/mol. The number of hydrogen-bond donors (Lipinski definition) is 2. The van der Waals surface area contributed by atoms with Crippen molar-refractivity contribution in [2.45, 2.75) is 13.8 Å². The number of likely N-dealkylation sites (N-methyl/N-ethyl adjacent to an activating group) is 1. The first-order valence-corrected chi connectivity index (χ1v) is 3.77. The fourth-order valence-corrected chi connectivity index (χ4v) is 0.588. The van der Waals surface area contributed by atoms with Crippen LogP contribution in [0.15, 0.2) is 0 Å². The Balaban J connectivity index is 0. The smallest absolute Gasteiger partial charge is 0.231 e. The van der Waals surface area contributed by atoms with E-state index in [1.165, 1.54) is 4.90 Å². The van der Waals surface area contributed by atoms with E-state index in [0.29, 0.717) is 0 Å². The van der Waals surface area contributed by atoms with Gasteiger partial charge in [-0.1, -0.05) is 13.8 Å². The maximum Gasteiger partial charge on any atom is 0.231 e. The second-order valence-corrected chi connectivity index (χ2v) is 2.10. The summed E-state index contributed by atoms with van der Waals surface area (Å²) in [4.78, 5) is 21.9. The second-order valence-electron chi connectivity index (χ2n) is 2.10. The van der Waals surface area contributed by atoms with Gasteiger partial charge in [0.05, 0.1) is 13.1 Å². The molecule has 0 radical (unpaired) electrons. The fourth-order valence-electron chi connectivity index (χ4n) is 0.588. The third-order valence-corrected chi connectivity index (χ3v) is 0.852. The molecule has 72 valence electrons. The highest BCUT2D eigenvalue weighted by atomic mass is 16.2. The van der Waals surface area contributed by atoms with Gasteiger partial charge in [-0.25, -0.2) is 0 Å². The van der Waals surface area contributed by atoms with Crippen molar-refractivity contribution in [1.82, 2.24) is 4.90 Å². The first-order valence-electron chi connectivity index (χ1n) is 3.77. The predicted octanol–water partition coefficient (Wildman–Crippen LogP) is -1.08. The van der Waals surface area contributed by atoms with Crippen LogP contribution < -0.4 is 11.5 Å². The van der Waals surface area contributed by atoms with Gasteiger partial charge < -0.3 is 11.5 Å². The molecule has 0 spiro atoms. The van der Waals surface area contributed by atoms with E-state index in [1.807, 2.05) is 13.8 Å². The van der Waals surface area contributed by atoms with Gasteiger partial charge in [0.2, 0.25) is 11.8 Å². The molecule has 0 fully saturated rings. The van der Waals surface area contributed by atoms with Crippen LogP contribution in [0.2, 0.25) is 0 Å². The Morgan fingerprint density at radius 2 is 1.33 bits per heavy atom. The summed E-state index contributed by atoms with van der Waals surface area (Å²) in [5.74, 6) is -0.937. The molecule has 2 amide bonds. The lowest BCUT2D eigenvalue weighted by molar-refractivity contribution is -0.121. The number of nitrogens with two attached hydrogens (primary N) is 2. The summed E-state index contributed by atoms with van der Waals surface area (Å²) in [5, 5.41) is 0. The SMILES string of the molecule is CC.CN(CC(N)=O)CC(N)=O. The molecule has 0 aromatic carbocycles. The summed E-state index contributed by atoms with van der Waals surface area (Å²) in [5.41, 5.74) is 9.67. The third kappa shape index (κ3) is 11.7. The van der Waals surface area contributed by atoms with Gasteiger partial charge in [-0.3, -0.25) is 14.5 Å². The van der Waals surface area contributed by atoms with Gasteiger partial charge in [-0.15, -0.1) is 0 Å². The van der Waals surface area contributed by atoms with Crippen molar-refractivity contribution in [3.63, 3.8) is 0 Å². The summed E-state index contributed by atoms with van der Waals surface area (Å²) in [6, 6.07) is 0. The Hall–Kier alpha value is -1.10. The first-order chi connectivity index (χ1) is 5.52. The minimum atomic E-state index is -0.469. The van der Waals surface area contributed by atoms with E-state index in [-0.39, 0.29) is 13.1 Å². The van der Waals surface area contributed by atoms with Gasteiger partial charge in [0.25, 0.3) is 0 Å². The number of rotatable bonds is 4. The zero-order valence-electron chi connectivity index (χ0n) is 7.83. The van der Waals surface area contributed by atoms with E-state index in [1.54, 1.807) is 7.05 Å². The monoisotopic (exact) mass is 175 g/mol. The molecule has 0 aliphatic rings. The Morgan fingerprint density at radius 1 is 1.08 bits per heavy atom. The van der Waals surface area contributed by atoms with Crippen LogP contribution in [0, 0.1) is 0 Å². The molecule has 0 aromatic rings. The lowest BCUT2D eigenvalue weighted by Gasteiger charge is -2.10. The van der Waals surface area contributed by atoms with Crippen LogP contribution in [-0.4, -0.2) is 36.9 Å². The number of hydrogen-bond acceptors (Lipinski definition) is 3. The second kappa shape index (κ2) is 8.00. The standard InChI is InChI=1S/C5H11N3O2.C2H6/c1-8(2-4(6)9)3-5(7)10;1-2/h2-3H2,1H3,(H2,6,9)(H2,7,10);1-2H3. The number of carbonyl (C=O) groups excluding carboxylic acids is 2. The molecule has 0 aliphatic heterocycles. The molecule has 0 rings (SSSR count). The largest absolute Gasteiger partial charge is 0.369 e. The minimum absolute atomic E-state index is 0.0585. The zero-order chi connectivity index (χ0) is 10.1. The maximum absolute atomic E-state index is 10.2. The molecule has 0 bridgehead atoms. The molecular formula is C7H17N3O2. The van der Waals surface area contributed by atoms with Crippen molar-refractivity contribution < 1.29 is 9.59 Å².